The lowest BCUT2D eigenvalue weighted by atomic mass is 10.0. The number of esters is 3. The van der Waals surface area contributed by atoms with Gasteiger partial charge in [0.25, 0.3) is 0 Å². The van der Waals surface area contributed by atoms with E-state index in [0.29, 0.717) is 19.3 Å². The van der Waals surface area contributed by atoms with Crippen LogP contribution in [-0.4, -0.2) is 37.2 Å². The van der Waals surface area contributed by atoms with Crippen LogP contribution in [0, 0.1) is 0 Å². The quantitative estimate of drug-likeness (QED) is 0.0261. The Bertz CT molecular complexity index is 1470. The maximum Gasteiger partial charge on any atom is 0.306 e. The van der Waals surface area contributed by atoms with Crippen molar-refractivity contribution in [3.05, 3.63) is 72.9 Å². The predicted octanol–water partition coefficient (Wildman–Crippen LogP) is 24.1. The van der Waals surface area contributed by atoms with E-state index in [4.69, 9.17) is 14.2 Å². The smallest absolute Gasteiger partial charge is 0.306 e. The third kappa shape index (κ3) is 65.7. The van der Waals surface area contributed by atoms with Gasteiger partial charge in [0.1, 0.15) is 13.2 Å². The average Bonchev–Trinajstić information content (AvgIpc) is 3.46. The lowest BCUT2D eigenvalue weighted by Gasteiger charge is -2.18. The van der Waals surface area contributed by atoms with Gasteiger partial charge in [0, 0.05) is 19.3 Å². The summed E-state index contributed by atoms with van der Waals surface area (Å²) in [7, 11) is 0. The molecule has 0 spiro atoms. The monoisotopic (exact) mass is 1120 g/mol. The van der Waals surface area contributed by atoms with Gasteiger partial charge in [-0.05, 0) is 89.9 Å². The number of unbranched alkanes of at least 4 members (excludes halogenated alkanes) is 41. The van der Waals surface area contributed by atoms with Crippen molar-refractivity contribution in [3.63, 3.8) is 0 Å². The second-order valence-electron chi connectivity index (χ2n) is 23.4. The summed E-state index contributed by atoms with van der Waals surface area (Å²) in [6, 6.07) is 0. The highest BCUT2D eigenvalue weighted by Gasteiger charge is 2.19. The molecule has 0 heterocycles. The molecule has 0 N–H and O–H groups in total. The zero-order valence-corrected chi connectivity index (χ0v) is 53.3. The molecule has 1 atom stereocenters. The summed E-state index contributed by atoms with van der Waals surface area (Å²) in [5.41, 5.74) is 0. The van der Waals surface area contributed by atoms with Crippen LogP contribution in [0.2, 0.25) is 0 Å². The minimum Gasteiger partial charge on any atom is -0.462 e. The summed E-state index contributed by atoms with van der Waals surface area (Å²) in [5, 5.41) is 0. The van der Waals surface area contributed by atoms with Crippen LogP contribution in [0.3, 0.4) is 0 Å². The van der Waals surface area contributed by atoms with E-state index in [1.165, 1.54) is 225 Å². The lowest BCUT2D eigenvalue weighted by Crippen LogP contribution is -2.30. The summed E-state index contributed by atoms with van der Waals surface area (Å²) >= 11 is 0. The van der Waals surface area contributed by atoms with Crippen LogP contribution in [0.15, 0.2) is 72.9 Å². The molecule has 80 heavy (non-hydrogen) atoms. The summed E-state index contributed by atoms with van der Waals surface area (Å²) in [5.74, 6) is -0.865. The van der Waals surface area contributed by atoms with Gasteiger partial charge in [-0.2, -0.15) is 0 Å². The highest BCUT2D eigenvalue weighted by atomic mass is 16.6. The molecule has 0 saturated heterocycles. The highest BCUT2D eigenvalue weighted by molar-refractivity contribution is 5.71. The van der Waals surface area contributed by atoms with Crippen molar-refractivity contribution in [1.82, 2.24) is 0 Å². The van der Waals surface area contributed by atoms with Gasteiger partial charge in [-0.3, -0.25) is 14.4 Å². The number of carbonyl (C=O) groups excluding carboxylic acids is 3. The maximum atomic E-state index is 13.0. The van der Waals surface area contributed by atoms with Gasteiger partial charge < -0.3 is 14.2 Å². The van der Waals surface area contributed by atoms with E-state index in [0.717, 1.165) is 96.3 Å². The van der Waals surface area contributed by atoms with Crippen LogP contribution in [0.25, 0.3) is 0 Å². The molecule has 0 aromatic carbocycles. The molecule has 1 unspecified atom stereocenters. The van der Waals surface area contributed by atoms with Gasteiger partial charge in [0.05, 0.1) is 0 Å². The fraction of sp³-hybridized carbons (Fsp3) is 0.797. The number of rotatable bonds is 64. The first-order valence-corrected chi connectivity index (χ1v) is 34.9. The van der Waals surface area contributed by atoms with Crippen molar-refractivity contribution < 1.29 is 28.6 Å². The molecule has 0 aromatic rings. The molecule has 0 bridgehead atoms. The minimum atomic E-state index is -0.781. The molecule has 0 aliphatic rings. The zero-order valence-electron chi connectivity index (χ0n) is 53.3. The van der Waals surface area contributed by atoms with Gasteiger partial charge in [0.15, 0.2) is 6.10 Å². The van der Waals surface area contributed by atoms with Crippen molar-refractivity contribution in [2.24, 2.45) is 0 Å². The number of hydrogen-bond donors (Lipinski definition) is 0. The Labute approximate surface area is 497 Å². The Balaban J connectivity index is 4.34. The van der Waals surface area contributed by atoms with Crippen LogP contribution in [-0.2, 0) is 28.6 Å². The van der Waals surface area contributed by atoms with Crippen molar-refractivity contribution in [2.45, 2.75) is 367 Å². The van der Waals surface area contributed by atoms with E-state index >= 15 is 0 Å². The standard InChI is InChI=1S/C74H132O6/c1-4-7-10-13-16-19-22-25-28-31-33-35-37-39-40-43-46-49-52-55-58-61-64-67-73(76)79-70-71(69-78-72(75)66-63-60-57-54-51-48-45-42-30-27-24-21-18-15-12-9-6-3)80-74(77)68-65-62-59-56-53-50-47-44-41-38-36-34-32-29-26-23-20-17-14-11-8-5-2/h7,10,16,18-19,21,25,27-28,30,33,35,71H,4-6,8-9,11-15,17,20,22-24,26,29,31-32,34,36-70H2,1-3H3/b10-7-,19-16-,21-18-,28-25-,30-27-,35-33-. The van der Waals surface area contributed by atoms with Crippen LogP contribution >= 0.6 is 0 Å². The molecule has 0 aliphatic heterocycles. The molecule has 464 valence electrons. The van der Waals surface area contributed by atoms with Gasteiger partial charge in [0.2, 0.25) is 0 Å². The third-order valence-electron chi connectivity index (χ3n) is 15.4. The molecule has 6 heteroatoms. The number of carbonyl (C=O) groups is 3. The van der Waals surface area contributed by atoms with E-state index < -0.39 is 6.10 Å². The summed E-state index contributed by atoms with van der Waals surface area (Å²) < 4.78 is 17.0. The Kier molecular flexibility index (Phi) is 65.7. The van der Waals surface area contributed by atoms with Gasteiger partial charge >= 0.3 is 17.9 Å². The van der Waals surface area contributed by atoms with E-state index in [1.807, 2.05) is 0 Å². The second-order valence-corrected chi connectivity index (χ2v) is 23.4. The molecular formula is C74H132O6. The molecule has 0 radical (unpaired) electrons. The molecule has 0 aromatic heterocycles. The first-order chi connectivity index (χ1) is 39.5. The van der Waals surface area contributed by atoms with Crippen molar-refractivity contribution >= 4 is 17.9 Å². The van der Waals surface area contributed by atoms with Gasteiger partial charge in [-0.25, -0.2) is 0 Å². The molecule has 0 aliphatic carbocycles. The fourth-order valence-corrected chi connectivity index (χ4v) is 10.2. The number of allylic oxidation sites excluding steroid dienone is 12. The molecular weight excluding hydrogens is 985 g/mol. The van der Waals surface area contributed by atoms with Crippen molar-refractivity contribution in [3.8, 4) is 0 Å². The molecule has 0 rings (SSSR count). The van der Waals surface area contributed by atoms with E-state index in [9.17, 15) is 14.4 Å². The Hall–Kier alpha value is -3.15. The lowest BCUT2D eigenvalue weighted by molar-refractivity contribution is -0.167. The Morgan fingerprint density at radius 3 is 0.787 bits per heavy atom. The SMILES string of the molecule is CC/C=C\C/C=C\C/C=C\C/C=C\CCCCCCCCCCCCC(=O)OCC(COC(=O)CCCCCCCCC/C=C\C/C=C\CCCCC)OC(=O)CCCCCCCCCCCCCCCCCCCCCCCC. The molecule has 0 amide bonds. The van der Waals surface area contributed by atoms with Crippen molar-refractivity contribution in [2.75, 3.05) is 13.2 Å². The molecule has 0 saturated carbocycles. The number of hydrogen-bond acceptors (Lipinski definition) is 6. The summed E-state index contributed by atoms with van der Waals surface area (Å²) in [4.78, 5) is 38.5. The van der Waals surface area contributed by atoms with Crippen LogP contribution < -0.4 is 0 Å². The summed E-state index contributed by atoms with van der Waals surface area (Å²) in [6.45, 7) is 6.55. The zero-order chi connectivity index (χ0) is 57.8. The molecule has 0 fully saturated rings. The summed E-state index contributed by atoms with van der Waals surface area (Å²) in [6.07, 6.45) is 89.2. The van der Waals surface area contributed by atoms with Crippen LogP contribution in [0.1, 0.15) is 361 Å². The third-order valence-corrected chi connectivity index (χ3v) is 15.4. The van der Waals surface area contributed by atoms with E-state index in [1.54, 1.807) is 0 Å². The predicted molar refractivity (Wildman–Crippen MR) is 348 cm³/mol. The maximum absolute atomic E-state index is 13.0. The van der Waals surface area contributed by atoms with Crippen LogP contribution in [0.4, 0.5) is 0 Å². The Morgan fingerprint density at radius 2 is 0.487 bits per heavy atom. The molecule has 6 nitrogen and oxygen atoms in total. The van der Waals surface area contributed by atoms with E-state index in [2.05, 4.69) is 93.7 Å². The topological polar surface area (TPSA) is 78.9 Å². The van der Waals surface area contributed by atoms with Gasteiger partial charge in [-0.1, -0.05) is 325 Å². The van der Waals surface area contributed by atoms with Crippen LogP contribution in [0.5, 0.6) is 0 Å². The van der Waals surface area contributed by atoms with E-state index in [-0.39, 0.29) is 31.1 Å². The highest BCUT2D eigenvalue weighted by Crippen LogP contribution is 2.18. The first kappa shape index (κ1) is 76.9. The number of ether oxygens (including phenoxy) is 3. The normalized spacial score (nSPS) is 12.5. The first-order valence-electron chi connectivity index (χ1n) is 34.9. The van der Waals surface area contributed by atoms with Crippen molar-refractivity contribution in [1.29, 1.82) is 0 Å². The van der Waals surface area contributed by atoms with Gasteiger partial charge in [-0.15, -0.1) is 0 Å². The fourth-order valence-electron chi connectivity index (χ4n) is 10.2. The Morgan fingerprint density at radius 1 is 0.263 bits per heavy atom. The largest absolute Gasteiger partial charge is 0.462 e. The minimum absolute atomic E-state index is 0.0768. The second kappa shape index (κ2) is 68.3. The average molecular weight is 1120 g/mol.